The largest absolute Gasteiger partial charge is 0.389 e. The molecule has 104 valence electrons. The number of aliphatic hydroxyl groups excluding tert-OH is 1. The van der Waals surface area contributed by atoms with Crippen LogP contribution in [-0.4, -0.2) is 55.9 Å². The summed E-state index contributed by atoms with van der Waals surface area (Å²) in [4.78, 5) is 13.5. The van der Waals surface area contributed by atoms with E-state index < -0.39 is 6.10 Å². The summed E-state index contributed by atoms with van der Waals surface area (Å²) in [6, 6.07) is 3.67. The summed E-state index contributed by atoms with van der Waals surface area (Å²) in [6.45, 7) is 0.718. The van der Waals surface area contributed by atoms with Crippen LogP contribution < -0.4 is 5.32 Å². The number of carbonyl (C=O) groups excluding carboxylic acids is 1. The number of amides is 1. The van der Waals surface area contributed by atoms with Crippen LogP contribution >= 0.6 is 11.3 Å². The maximum atomic E-state index is 11.8. The van der Waals surface area contributed by atoms with Crippen LogP contribution in [-0.2, 0) is 9.53 Å². The van der Waals surface area contributed by atoms with Gasteiger partial charge in [-0.3, -0.25) is 9.69 Å². The van der Waals surface area contributed by atoms with Crippen LogP contribution in [0, 0.1) is 11.3 Å². The van der Waals surface area contributed by atoms with Crippen molar-refractivity contribution in [1.82, 2.24) is 4.90 Å². The molecule has 1 amide bonds. The molecular weight excluding hydrogens is 266 g/mol. The molecule has 1 aromatic heterocycles. The van der Waals surface area contributed by atoms with Gasteiger partial charge in [-0.25, -0.2) is 0 Å². The molecule has 1 rings (SSSR count). The van der Waals surface area contributed by atoms with E-state index in [-0.39, 0.29) is 19.1 Å². The number of aliphatic hydroxyl groups is 1. The summed E-state index contributed by atoms with van der Waals surface area (Å²) in [5.74, 6) is -0.217. The quantitative estimate of drug-likeness (QED) is 0.761. The maximum Gasteiger partial charge on any atom is 0.239 e. The summed E-state index contributed by atoms with van der Waals surface area (Å²) in [7, 11) is 3.24. The van der Waals surface area contributed by atoms with Crippen LogP contribution in [0.3, 0.4) is 0 Å². The zero-order valence-corrected chi connectivity index (χ0v) is 11.7. The molecule has 0 fully saturated rings. The predicted molar refractivity (Wildman–Crippen MR) is 73.0 cm³/mol. The van der Waals surface area contributed by atoms with Crippen molar-refractivity contribution in [3.63, 3.8) is 0 Å². The van der Waals surface area contributed by atoms with Gasteiger partial charge in [-0.05, 0) is 18.5 Å². The Morgan fingerprint density at radius 2 is 2.47 bits per heavy atom. The number of thiophene rings is 1. The zero-order chi connectivity index (χ0) is 14.3. The second kappa shape index (κ2) is 7.86. The summed E-state index contributed by atoms with van der Waals surface area (Å²) in [6.07, 6.45) is -0.626. The van der Waals surface area contributed by atoms with Gasteiger partial charge in [0.1, 0.15) is 11.1 Å². The first-order valence-electron chi connectivity index (χ1n) is 5.69. The number of carbonyl (C=O) groups is 1. The summed E-state index contributed by atoms with van der Waals surface area (Å²) in [5, 5.41) is 23.3. The minimum absolute atomic E-state index is 0.142. The lowest BCUT2D eigenvalue weighted by molar-refractivity contribution is -0.117. The Morgan fingerprint density at radius 1 is 1.74 bits per heavy atom. The molecule has 0 saturated heterocycles. The second-order valence-corrected chi connectivity index (χ2v) is 5.05. The standard InChI is InChI=1S/C12H17N3O3S/c1-15(6-10(16)8-18-2)7-11(17)14-12-9(5-13)3-4-19-12/h3-4,10,16H,6-8H2,1-2H3,(H,14,17). The van der Waals surface area contributed by atoms with Gasteiger partial charge in [-0.2, -0.15) is 5.26 Å². The van der Waals surface area contributed by atoms with Gasteiger partial charge in [0.15, 0.2) is 0 Å². The molecule has 1 heterocycles. The minimum atomic E-state index is -0.626. The molecule has 0 aliphatic heterocycles. The van der Waals surface area contributed by atoms with Gasteiger partial charge in [-0.1, -0.05) is 0 Å². The third kappa shape index (κ3) is 5.36. The molecule has 7 heteroatoms. The number of hydrogen-bond acceptors (Lipinski definition) is 6. The highest BCUT2D eigenvalue weighted by Crippen LogP contribution is 2.21. The van der Waals surface area contributed by atoms with Gasteiger partial charge in [0.2, 0.25) is 5.91 Å². The molecule has 0 radical (unpaired) electrons. The Bertz CT molecular complexity index is 455. The molecule has 0 aromatic carbocycles. The van der Waals surface area contributed by atoms with E-state index in [1.54, 1.807) is 23.4 Å². The van der Waals surface area contributed by atoms with Crippen molar-refractivity contribution >= 4 is 22.2 Å². The van der Waals surface area contributed by atoms with Crippen molar-refractivity contribution in [3.8, 4) is 6.07 Å². The average Bonchev–Trinajstić information content (AvgIpc) is 2.75. The van der Waals surface area contributed by atoms with Crippen molar-refractivity contribution < 1.29 is 14.6 Å². The molecule has 0 spiro atoms. The highest BCUT2D eigenvalue weighted by atomic mass is 32.1. The fourth-order valence-corrected chi connectivity index (χ4v) is 2.33. The normalized spacial score (nSPS) is 12.2. The third-order valence-electron chi connectivity index (χ3n) is 2.33. The van der Waals surface area contributed by atoms with E-state index in [1.165, 1.54) is 18.4 Å². The Kier molecular flexibility index (Phi) is 6.45. The highest BCUT2D eigenvalue weighted by molar-refractivity contribution is 7.14. The molecule has 1 atom stereocenters. The predicted octanol–water partition coefficient (Wildman–Crippen LogP) is 0.497. The van der Waals surface area contributed by atoms with Crippen molar-refractivity contribution in [2.45, 2.75) is 6.10 Å². The molecule has 1 unspecified atom stereocenters. The lowest BCUT2D eigenvalue weighted by atomic mass is 10.3. The zero-order valence-electron chi connectivity index (χ0n) is 10.9. The fourth-order valence-electron chi connectivity index (χ4n) is 1.57. The van der Waals surface area contributed by atoms with Crippen LogP contribution in [0.2, 0.25) is 0 Å². The topological polar surface area (TPSA) is 85.6 Å². The molecule has 1 aromatic rings. The summed E-state index contributed by atoms with van der Waals surface area (Å²) >= 11 is 1.31. The Labute approximate surface area is 116 Å². The van der Waals surface area contributed by atoms with Crippen molar-refractivity contribution in [1.29, 1.82) is 5.26 Å². The van der Waals surface area contributed by atoms with E-state index in [0.29, 0.717) is 17.1 Å². The average molecular weight is 283 g/mol. The fraction of sp³-hybridized carbons (Fsp3) is 0.500. The number of hydrogen-bond donors (Lipinski definition) is 2. The Balaban J connectivity index is 2.41. The number of nitrogens with one attached hydrogen (secondary N) is 1. The molecule has 0 saturated carbocycles. The SMILES string of the molecule is COCC(O)CN(C)CC(=O)Nc1sccc1C#N. The number of methoxy groups -OCH3 is 1. The molecule has 0 aliphatic rings. The smallest absolute Gasteiger partial charge is 0.239 e. The van der Waals surface area contributed by atoms with Gasteiger partial charge in [0, 0.05) is 13.7 Å². The van der Waals surface area contributed by atoms with Crippen LogP contribution in [0.1, 0.15) is 5.56 Å². The lowest BCUT2D eigenvalue weighted by Gasteiger charge is -2.19. The van der Waals surface area contributed by atoms with E-state index in [2.05, 4.69) is 5.32 Å². The summed E-state index contributed by atoms with van der Waals surface area (Å²) < 4.78 is 4.81. The number of nitrogens with zero attached hydrogens (tertiary/aromatic N) is 2. The van der Waals surface area contributed by atoms with Gasteiger partial charge in [0.25, 0.3) is 0 Å². The maximum absolute atomic E-state index is 11.8. The number of rotatable bonds is 7. The van der Waals surface area contributed by atoms with Crippen LogP contribution in [0.15, 0.2) is 11.4 Å². The number of likely N-dealkylation sites (N-methyl/N-ethyl adjacent to an activating group) is 1. The first kappa shape index (κ1) is 15.6. The van der Waals surface area contributed by atoms with Crippen LogP contribution in [0.25, 0.3) is 0 Å². The summed E-state index contributed by atoms with van der Waals surface area (Å²) in [5.41, 5.74) is 0.459. The van der Waals surface area contributed by atoms with E-state index in [1.807, 2.05) is 6.07 Å². The number of nitriles is 1. The van der Waals surface area contributed by atoms with Gasteiger partial charge >= 0.3 is 0 Å². The lowest BCUT2D eigenvalue weighted by Crippen LogP contribution is -2.37. The molecule has 19 heavy (non-hydrogen) atoms. The molecule has 6 nitrogen and oxygen atoms in total. The van der Waals surface area contributed by atoms with Gasteiger partial charge in [-0.15, -0.1) is 11.3 Å². The second-order valence-electron chi connectivity index (χ2n) is 4.13. The molecular formula is C12H17N3O3S. The minimum Gasteiger partial charge on any atom is -0.389 e. The highest BCUT2D eigenvalue weighted by Gasteiger charge is 2.13. The molecule has 0 bridgehead atoms. The first-order chi connectivity index (χ1) is 9.06. The van der Waals surface area contributed by atoms with E-state index in [0.717, 1.165) is 0 Å². The first-order valence-corrected chi connectivity index (χ1v) is 6.57. The van der Waals surface area contributed by atoms with Crippen molar-refractivity contribution in [2.24, 2.45) is 0 Å². The Hall–Kier alpha value is -1.46. The number of ether oxygens (including phenoxy) is 1. The van der Waals surface area contributed by atoms with Crippen molar-refractivity contribution in [3.05, 3.63) is 17.0 Å². The third-order valence-corrected chi connectivity index (χ3v) is 3.16. The van der Waals surface area contributed by atoms with Gasteiger partial charge in [0.05, 0.1) is 24.8 Å². The molecule has 2 N–H and O–H groups in total. The van der Waals surface area contributed by atoms with E-state index >= 15 is 0 Å². The number of anilines is 1. The van der Waals surface area contributed by atoms with Crippen molar-refractivity contribution in [2.75, 3.05) is 39.2 Å². The molecule has 0 aliphatic carbocycles. The van der Waals surface area contributed by atoms with Gasteiger partial charge < -0.3 is 15.2 Å². The monoisotopic (exact) mass is 283 g/mol. The van der Waals surface area contributed by atoms with Crippen LogP contribution in [0.5, 0.6) is 0 Å². The van der Waals surface area contributed by atoms with Crippen LogP contribution in [0.4, 0.5) is 5.00 Å². The van der Waals surface area contributed by atoms with E-state index in [9.17, 15) is 9.90 Å². The van der Waals surface area contributed by atoms with E-state index in [4.69, 9.17) is 10.00 Å². The Morgan fingerprint density at radius 3 is 3.11 bits per heavy atom.